The van der Waals surface area contributed by atoms with Crippen LogP contribution in [0.4, 0.5) is 0 Å². The van der Waals surface area contributed by atoms with Gasteiger partial charge in [-0.15, -0.1) is 10.2 Å². The average molecular weight is 248 g/mol. The van der Waals surface area contributed by atoms with Gasteiger partial charge in [0.05, 0.1) is 25.4 Å². The number of hydrogen-bond acceptors (Lipinski definition) is 6. The third-order valence-corrected chi connectivity index (χ3v) is 2.40. The molecule has 0 aliphatic rings. The summed E-state index contributed by atoms with van der Waals surface area (Å²) in [6.07, 6.45) is 4.35. The molecular formula is C12H16N4O2. The van der Waals surface area contributed by atoms with Crippen LogP contribution >= 0.6 is 0 Å². The standard InChI is InChI=1S/C12H16N4O2/c1-3-5-13-8-11-15-16-12(18-11)9-4-6-14-7-10(9)17-2/h4,6-7,13H,3,5,8H2,1-2H3. The lowest BCUT2D eigenvalue weighted by molar-refractivity contribution is 0.411. The Morgan fingerprint density at radius 3 is 3.06 bits per heavy atom. The van der Waals surface area contributed by atoms with E-state index >= 15 is 0 Å². The van der Waals surface area contributed by atoms with E-state index < -0.39 is 0 Å². The van der Waals surface area contributed by atoms with Gasteiger partial charge in [-0.25, -0.2) is 0 Å². The summed E-state index contributed by atoms with van der Waals surface area (Å²) in [5.74, 6) is 1.63. The highest BCUT2D eigenvalue weighted by Crippen LogP contribution is 2.27. The molecular weight excluding hydrogens is 232 g/mol. The summed E-state index contributed by atoms with van der Waals surface area (Å²) in [6.45, 7) is 3.61. The van der Waals surface area contributed by atoms with E-state index in [0.29, 0.717) is 24.1 Å². The second-order valence-electron chi connectivity index (χ2n) is 3.75. The van der Waals surface area contributed by atoms with Crippen LogP contribution in [0.15, 0.2) is 22.9 Å². The van der Waals surface area contributed by atoms with Gasteiger partial charge < -0.3 is 14.5 Å². The van der Waals surface area contributed by atoms with Crippen molar-refractivity contribution < 1.29 is 9.15 Å². The summed E-state index contributed by atoms with van der Waals surface area (Å²) in [5, 5.41) is 11.2. The number of nitrogens with zero attached hydrogens (tertiary/aromatic N) is 3. The smallest absolute Gasteiger partial charge is 0.251 e. The fraction of sp³-hybridized carbons (Fsp3) is 0.417. The molecule has 0 aliphatic heterocycles. The first-order valence-electron chi connectivity index (χ1n) is 5.86. The summed E-state index contributed by atoms with van der Waals surface area (Å²) in [4.78, 5) is 3.98. The molecule has 0 aromatic carbocycles. The van der Waals surface area contributed by atoms with Gasteiger partial charge in [-0.2, -0.15) is 0 Å². The van der Waals surface area contributed by atoms with Crippen LogP contribution < -0.4 is 10.1 Å². The van der Waals surface area contributed by atoms with Crippen LogP contribution in [0.2, 0.25) is 0 Å². The van der Waals surface area contributed by atoms with Gasteiger partial charge in [0.15, 0.2) is 0 Å². The Morgan fingerprint density at radius 2 is 2.28 bits per heavy atom. The monoisotopic (exact) mass is 248 g/mol. The Bertz CT molecular complexity index is 498. The number of methoxy groups -OCH3 is 1. The predicted molar refractivity (Wildman–Crippen MR) is 66.1 cm³/mol. The number of hydrogen-bond donors (Lipinski definition) is 1. The summed E-state index contributed by atoms with van der Waals surface area (Å²) < 4.78 is 10.8. The minimum absolute atomic E-state index is 0.447. The second-order valence-corrected chi connectivity index (χ2v) is 3.75. The van der Waals surface area contributed by atoms with Crippen LogP contribution in [0.5, 0.6) is 5.75 Å². The van der Waals surface area contributed by atoms with Crippen molar-refractivity contribution >= 4 is 0 Å². The van der Waals surface area contributed by atoms with Crippen LogP contribution in [-0.2, 0) is 6.54 Å². The van der Waals surface area contributed by atoms with E-state index in [1.807, 2.05) is 0 Å². The Kier molecular flexibility index (Phi) is 4.25. The van der Waals surface area contributed by atoms with Crippen LogP contribution in [0.1, 0.15) is 19.2 Å². The molecule has 0 saturated heterocycles. The van der Waals surface area contributed by atoms with Crippen LogP contribution in [0, 0.1) is 0 Å². The van der Waals surface area contributed by atoms with Crippen molar-refractivity contribution in [3.05, 3.63) is 24.4 Å². The molecule has 2 aromatic heterocycles. The largest absolute Gasteiger partial charge is 0.494 e. The lowest BCUT2D eigenvalue weighted by Gasteiger charge is -2.02. The lowest BCUT2D eigenvalue weighted by atomic mass is 10.2. The van der Waals surface area contributed by atoms with E-state index in [9.17, 15) is 0 Å². The van der Waals surface area contributed by atoms with Crippen molar-refractivity contribution in [2.75, 3.05) is 13.7 Å². The highest BCUT2D eigenvalue weighted by atomic mass is 16.5. The minimum atomic E-state index is 0.447. The third-order valence-electron chi connectivity index (χ3n) is 2.40. The van der Waals surface area contributed by atoms with E-state index in [1.165, 1.54) is 0 Å². The molecule has 1 N–H and O–H groups in total. The maximum Gasteiger partial charge on any atom is 0.251 e. The zero-order chi connectivity index (χ0) is 12.8. The van der Waals surface area contributed by atoms with Gasteiger partial charge in [0.25, 0.3) is 5.89 Å². The molecule has 0 aliphatic carbocycles. The summed E-state index contributed by atoms with van der Waals surface area (Å²) in [5.41, 5.74) is 0.752. The molecule has 0 spiro atoms. The predicted octanol–water partition coefficient (Wildman–Crippen LogP) is 1.64. The second kappa shape index (κ2) is 6.11. The number of rotatable bonds is 6. The zero-order valence-corrected chi connectivity index (χ0v) is 10.5. The van der Waals surface area contributed by atoms with E-state index in [4.69, 9.17) is 9.15 Å². The Balaban J connectivity index is 2.13. The fourth-order valence-electron chi connectivity index (χ4n) is 1.53. The molecule has 0 radical (unpaired) electrons. The molecule has 96 valence electrons. The Morgan fingerprint density at radius 1 is 1.39 bits per heavy atom. The van der Waals surface area contributed by atoms with Gasteiger partial charge in [0, 0.05) is 6.20 Å². The summed E-state index contributed by atoms with van der Waals surface area (Å²) in [6, 6.07) is 1.79. The molecule has 0 atom stereocenters. The van der Waals surface area contributed by atoms with Crippen molar-refractivity contribution in [3.63, 3.8) is 0 Å². The van der Waals surface area contributed by atoms with E-state index in [-0.39, 0.29) is 0 Å². The molecule has 2 rings (SSSR count). The zero-order valence-electron chi connectivity index (χ0n) is 10.5. The van der Waals surface area contributed by atoms with Crippen LogP contribution in [0.3, 0.4) is 0 Å². The number of ether oxygens (including phenoxy) is 1. The molecule has 6 heteroatoms. The first-order valence-corrected chi connectivity index (χ1v) is 5.86. The lowest BCUT2D eigenvalue weighted by Crippen LogP contribution is -2.13. The van der Waals surface area contributed by atoms with Gasteiger partial charge in [0.2, 0.25) is 5.89 Å². The van der Waals surface area contributed by atoms with Crippen molar-refractivity contribution in [3.8, 4) is 17.2 Å². The van der Waals surface area contributed by atoms with E-state index in [2.05, 4.69) is 27.4 Å². The van der Waals surface area contributed by atoms with Gasteiger partial charge in [0.1, 0.15) is 5.75 Å². The van der Waals surface area contributed by atoms with E-state index in [1.54, 1.807) is 25.6 Å². The Hall–Kier alpha value is -1.95. The van der Waals surface area contributed by atoms with Crippen molar-refractivity contribution in [2.24, 2.45) is 0 Å². The van der Waals surface area contributed by atoms with Crippen molar-refractivity contribution in [1.82, 2.24) is 20.5 Å². The van der Waals surface area contributed by atoms with Crippen molar-refractivity contribution in [2.45, 2.75) is 19.9 Å². The van der Waals surface area contributed by atoms with Gasteiger partial charge in [-0.3, -0.25) is 4.98 Å². The van der Waals surface area contributed by atoms with Crippen molar-refractivity contribution in [1.29, 1.82) is 0 Å². The van der Waals surface area contributed by atoms with Gasteiger partial charge >= 0.3 is 0 Å². The molecule has 0 bridgehead atoms. The molecule has 0 unspecified atom stereocenters. The summed E-state index contributed by atoms with van der Waals surface area (Å²) in [7, 11) is 1.58. The molecule has 18 heavy (non-hydrogen) atoms. The topological polar surface area (TPSA) is 73.1 Å². The normalized spacial score (nSPS) is 10.6. The quantitative estimate of drug-likeness (QED) is 0.783. The first-order chi connectivity index (χ1) is 8.85. The summed E-state index contributed by atoms with van der Waals surface area (Å²) >= 11 is 0. The van der Waals surface area contributed by atoms with E-state index in [0.717, 1.165) is 18.5 Å². The molecule has 2 aromatic rings. The fourth-order valence-corrected chi connectivity index (χ4v) is 1.53. The number of pyridine rings is 1. The minimum Gasteiger partial charge on any atom is -0.494 e. The maximum atomic E-state index is 5.57. The SMILES string of the molecule is CCCNCc1nnc(-c2ccncc2OC)o1. The highest BCUT2D eigenvalue weighted by Gasteiger charge is 2.12. The van der Waals surface area contributed by atoms with Gasteiger partial charge in [-0.1, -0.05) is 6.92 Å². The maximum absolute atomic E-state index is 5.57. The Labute approximate surface area is 105 Å². The number of nitrogens with one attached hydrogen (secondary N) is 1. The molecule has 0 amide bonds. The number of aromatic nitrogens is 3. The molecule has 0 saturated carbocycles. The van der Waals surface area contributed by atoms with Crippen LogP contribution in [-0.4, -0.2) is 28.8 Å². The average Bonchev–Trinajstić information content (AvgIpc) is 2.88. The highest BCUT2D eigenvalue weighted by molar-refractivity contribution is 5.60. The molecule has 2 heterocycles. The van der Waals surface area contributed by atoms with Crippen LogP contribution in [0.25, 0.3) is 11.5 Å². The molecule has 0 fully saturated rings. The van der Waals surface area contributed by atoms with Gasteiger partial charge in [-0.05, 0) is 19.0 Å². The first kappa shape index (κ1) is 12.5. The molecule has 6 nitrogen and oxygen atoms in total. The third kappa shape index (κ3) is 2.84.